The smallest absolute Gasteiger partial charge is 0.336 e. The van der Waals surface area contributed by atoms with E-state index in [0.29, 0.717) is 30.0 Å². The maximum absolute atomic E-state index is 13.4. The normalized spacial score (nSPS) is 11.8. The first-order valence-electron chi connectivity index (χ1n) is 10.5. The number of aromatic nitrogens is 2. The summed E-state index contributed by atoms with van der Waals surface area (Å²) >= 11 is 0. The minimum Gasteiger partial charge on any atom is -0.492 e. The summed E-state index contributed by atoms with van der Waals surface area (Å²) in [5.74, 6) is -0.893. The molecule has 1 atom stereocenters. The van der Waals surface area contributed by atoms with Gasteiger partial charge in [0.1, 0.15) is 29.8 Å². The summed E-state index contributed by atoms with van der Waals surface area (Å²) < 4.78 is 32.4. The van der Waals surface area contributed by atoms with Gasteiger partial charge in [0.15, 0.2) is 0 Å². The molecule has 4 aromatic rings. The summed E-state index contributed by atoms with van der Waals surface area (Å²) in [6, 6.07) is 17.2. The van der Waals surface area contributed by atoms with Gasteiger partial charge in [-0.15, -0.1) is 0 Å². The number of benzene rings is 3. The summed E-state index contributed by atoms with van der Waals surface area (Å²) in [7, 11) is 0. The van der Waals surface area contributed by atoms with Crippen molar-refractivity contribution in [2.24, 2.45) is 0 Å². The molecule has 0 aliphatic heterocycles. The van der Waals surface area contributed by atoms with E-state index in [-0.39, 0.29) is 29.7 Å². The van der Waals surface area contributed by atoms with Gasteiger partial charge in [-0.1, -0.05) is 30.3 Å². The molecule has 5 nitrogen and oxygen atoms in total. The quantitative estimate of drug-likeness (QED) is 0.360. The Bertz CT molecular complexity index is 1210. The lowest BCUT2D eigenvalue weighted by Gasteiger charge is -2.17. The molecule has 0 saturated carbocycles. The molecule has 7 heteroatoms. The molecular weight excluding hydrogens is 426 g/mol. The van der Waals surface area contributed by atoms with Gasteiger partial charge in [-0.2, -0.15) is 0 Å². The molecular formula is C26H22F2N2O3. The number of hydrogen-bond donors (Lipinski definition) is 2. The number of H-pyrrole nitrogens is 1. The van der Waals surface area contributed by atoms with E-state index in [1.54, 1.807) is 48.8 Å². The predicted molar refractivity (Wildman–Crippen MR) is 120 cm³/mol. The lowest BCUT2D eigenvalue weighted by molar-refractivity contribution is 0.0695. The Morgan fingerprint density at radius 1 is 0.970 bits per heavy atom. The second kappa shape index (κ2) is 10.1. The van der Waals surface area contributed by atoms with Crippen molar-refractivity contribution < 1.29 is 23.4 Å². The highest BCUT2D eigenvalue weighted by molar-refractivity contribution is 5.90. The molecule has 33 heavy (non-hydrogen) atoms. The van der Waals surface area contributed by atoms with Crippen molar-refractivity contribution in [3.8, 4) is 5.75 Å². The van der Waals surface area contributed by atoms with Crippen molar-refractivity contribution in [2.45, 2.75) is 18.8 Å². The van der Waals surface area contributed by atoms with Crippen LogP contribution < -0.4 is 4.74 Å². The molecule has 1 unspecified atom stereocenters. The van der Waals surface area contributed by atoms with Crippen LogP contribution in [0.4, 0.5) is 8.78 Å². The number of ether oxygens (including phenoxy) is 1. The second-order valence-corrected chi connectivity index (χ2v) is 7.64. The van der Waals surface area contributed by atoms with Crippen molar-refractivity contribution >= 4 is 5.97 Å². The van der Waals surface area contributed by atoms with Crippen LogP contribution in [0.5, 0.6) is 5.75 Å². The van der Waals surface area contributed by atoms with E-state index in [2.05, 4.69) is 9.97 Å². The maximum Gasteiger partial charge on any atom is 0.336 e. The minimum atomic E-state index is -1.05. The fourth-order valence-electron chi connectivity index (χ4n) is 3.67. The van der Waals surface area contributed by atoms with Crippen LogP contribution in [0.25, 0.3) is 0 Å². The van der Waals surface area contributed by atoms with Gasteiger partial charge in [0.05, 0.1) is 11.5 Å². The van der Waals surface area contributed by atoms with Gasteiger partial charge in [0, 0.05) is 12.4 Å². The Morgan fingerprint density at radius 3 is 2.30 bits per heavy atom. The molecule has 1 heterocycles. The van der Waals surface area contributed by atoms with Crippen LogP contribution in [-0.4, -0.2) is 27.7 Å². The van der Waals surface area contributed by atoms with Gasteiger partial charge >= 0.3 is 5.97 Å². The highest BCUT2D eigenvalue weighted by Crippen LogP contribution is 2.26. The molecule has 2 N–H and O–H groups in total. The first-order chi connectivity index (χ1) is 16.0. The molecule has 4 rings (SSSR count). The summed E-state index contributed by atoms with van der Waals surface area (Å²) in [4.78, 5) is 19.2. The van der Waals surface area contributed by atoms with Crippen LogP contribution in [-0.2, 0) is 12.8 Å². The van der Waals surface area contributed by atoms with E-state index in [0.717, 1.165) is 11.1 Å². The van der Waals surface area contributed by atoms with Crippen LogP contribution in [0.1, 0.15) is 38.8 Å². The summed E-state index contributed by atoms with van der Waals surface area (Å²) in [6.07, 6.45) is 4.42. The lowest BCUT2D eigenvalue weighted by Crippen LogP contribution is -2.14. The predicted octanol–water partition coefficient (Wildman–Crippen LogP) is 5.38. The molecule has 3 aromatic carbocycles. The van der Waals surface area contributed by atoms with E-state index in [4.69, 9.17) is 4.74 Å². The molecule has 0 radical (unpaired) electrons. The molecule has 0 aliphatic carbocycles. The Labute approximate surface area is 189 Å². The second-order valence-electron chi connectivity index (χ2n) is 7.64. The van der Waals surface area contributed by atoms with Crippen LogP contribution in [0, 0.1) is 11.6 Å². The summed E-state index contributed by atoms with van der Waals surface area (Å²) in [5.41, 5.74) is 2.57. The number of aromatic amines is 1. The van der Waals surface area contributed by atoms with Crippen molar-refractivity contribution in [2.75, 3.05) is 6.61 Å². The van der Waals surface area contributed by atoms with Gasteiger partial charge < -0.3 is 14.8 Å². The summed E-state index contributed by atoms with van der Waals surface area (Å²) in [5, 5.41) is 9.70. The number of aryl methyl sites for hydroxylation is 2. The Balaban J connectivity index is 1.49. The number of halogens is 2. The Hall–Kier alpha value is -4.00. The molecule has 0 bridgehead atoms. The van der Waals surface area contributed by atoms with E-state index < -0.39 is 5.97 Å². The standard InChI is InChI=1S/C26H22F2N2O3/c27-20-8-2-17(3-9-20)1-4-18-7-12-22(15-23(18)26(31)32)33-16-24(25-29-13-14-30-25)19-5-10-21(28)11-6-19/h2-3,5-15,24H,1,4,16H2,(H,29,30)(H,31,32). The van der Waals surface area contributed by atoms with Crippen molar-refractivity contribution in [1.82, 2.24) is 9.97 Å². The number of carbonyl (C=O) groups is 1. The van der Waals surface area contributed by atoms with Gasteiger partial charge in [-0.05, 0) is 65.9 Å². The molecule has 0 saturated heterocycles. The third kappa shape index (κ3) is 5.63. The highest BCUT2D eigenvalue weighted by atomic mass is 19.1. The minimum absolute atomic E-state index is 0.158. The number of nitrogens with zero attached hydrogens (tertiary/aromatic N) is 1. The van der Waals surface area contributed by atoms with Crippen LogP contribution in [0.15, 0.2) is 79.1 Å². The topological polar surface area (TPSA) is 75.2 Å². The number of imidazole rings is 1. The van der Waals surface area contributed by atoms with Gasteiger partial charge in [0.2, 0.25) is 0 Å². The molecule has 0 amide bonds. The van der Waals surface area contributed by atoms with E-state index in [9.17, 15) is 18.7 Å². The zero-order valence-electron chi connectivity index (χ0n) is 17.7. The van der Waals surface area contributed by atoms with Crippen molar-refractivity contribution in [1.29, 1.82) is 0 Å². The van der Waals surface area contributed by atoms with Crippen LogP contribution in [0.3, 0.4) is 0 Å². The largest absolute Gasteiger partial charge is 0.492 e. The lowest BCUT2D eigenvalue weighted by atomic mass is 9.98. The van der Waals surface area contributed by atoms with E-state index in [1.807, 2.05) is 0 Å². The first kappa shape index (κ1) is 22.2. The molecule has 1 aromatic heterocycles. The fourth-order valence-corrected chi connectivity index (χ4v) is 3.67. The average Bonchev–Trinajstić information content (AvgIpc) is 3.35. The SMILES string of the molecule is O=C(O)c1cc(OCC(c2ccc(F)cc2)c2ncc[nH]2)ccc1CCc1ccc(F)cc1. The zero-order valence-corrected chi connectivity index (χ0v) is 17.7. The van der Waals surface area contributed by atoms with E-state index in [1.165, 1.54) is 30.3 Å². The number of aromatic carboxylic acids is 1. The van der Waals surface area contributed by atoms with Crippen molar-refractivity contribution in [3.63, 3.8) is 0 Å². The number of rotatable bonds is 9. The fraction of sp³-hybridized carbons (Fsp3) is 0.154. The van der Waals surface area contributed by atoms with Crippen LogP contribution >= 0.6 is 0 Å². The number of hydrogen-bond acceptors (Lipinski definition) is 3. The van der Waals surface area contributed by atoms with Crippen LogP contribution in [0.2, 0.25) is 0 Å². The molecule has 0 spiro atoms. The maximum atomic E-state index is 13.4. The number of nitrogens with one attached hydrogen (secondary N) is 1. The third-order valence-corrected chi connectivity index (χ3v) is 5.45. The molecule has 168 valence electrons. The van der Waals surface area contributed by atoms with Crippen molar-refractivity contribution in [3.05, 3.63) is 119 Å². The average molecular weight is 448 g/mol. The zero-order chi connectivity index (χ0) is 23.2. The van der Waals surface area contributed by atoms with Gasteiger partial charge in [-0.3, -0.25) is 0 Å². The Kier molecular flexibility index (Phi) is 6.78. The van der Waals surface area contributed by atoms with Gasteiger partial charge in [-0.25, -0.2) is 18.6 Å². The summed E-state index contributed by atoms with van der Waals surface area (Å²) in [6.45, 7) is 0.188. The number of carboxylic acids is 1. The first-order valence-corrected chi connectivity index (χ1v) is 10.5. The molecule has 0 fully saturated rings. The van der Waals surface area contributed by atoms with Gasteiger partial charge in [0.25, 0.3) is 0 Å². The highest BCUT2D eigenvalue weighted by Gasteiger charge is 2.19. The van der Waals surface area contributed by atoms with E-state index >= 15 is 0 Å². The molecule has 0 aliphatic rings. The number of carboxylic acid groups (broad SMARTS) is 1. The Morgan fingerprint density at radius 2 is 1.67 bits per heavy atom. The third-order valence-electron chi connectivity index (χ3n) is 5.45. The monoisotopic (exact) mass is 448 g/mol.